The van der Waals surface area contributed by atoms with E-state index in [1.165, 1.54) is 6.07 Å². The second-order valence-electron chi connectivity index (χ2n) is 5.08. The first kappa shape index (κ1) is 16.2. The zero-order valence-electron chi connectivity index (χ0n) is 12.7. The van der Waals surface area contributed by atoms with Crippen molar-refractivity contribution in [1.82, 2.24) is 0 Å². The fraction of sp³-hybridized carbons (Fsp3) is 0.263. The highest BCUT2D eigenvalue weighted by Crippen LogP contribution is 2.27. The van der Waals surface area contributed by atoms with Gasteiger partial charge in [-0.25, -0.2) is 4.39 Å². The molecule has 0 saturated heterocycles. The third kappa shape index (κ3) is 4.42. The predicted octanol–water partition coefficient (Wildman–Crippen LogP) is 5.70. The average Bonchev–Trinajstić information content (AvgIpc) is 2.55. The van der Waals surface area contributed by atoms with Gasteiger partial charge in [0.2, 0.25) is 5.82 Å². The van der Waals surface area contributed by atoms with Gasteiger partial charge in [-0.05, 0) is 24.1 Å². The van der Waals surface area contributed by atoms with E-state index >= 15 is 0 Å². The summed E-state index contributed by atoms with van der Waals surface area (Å²) < 4.78 is 32.9. The summed E-state index contributed by atoms with van der Waals surface area (Å²) in [5, 5.41) is 0. The van der Waals surface area contributed by atoms with Gasteiger partial charge < -0.3 is 4.74 Å². The van der Waals surface area contributed by atoms with Crippen LogP contribution in [-0.2, 0) is 0 Å². The molecule has 0 unspecified atom stereocenters. The van der Waals surface area contributed by atoms with E-state index in [1.54, 1.807) is 6.08 Å². The molecule has 0 aliphatic heterocycles. The van der Waals surface area contributed by atoms with Gasteiger partial charge in [0.15, 0.2) is 11.6 Å². The smallest absolute Gasteiger partial charge is 0.201 e. The Morgan fingerprint density at radius 2 is 1.73 bits per heavy atom. The van der Waals surface area contributed by atoms with Crippen LogP contribution in [0.1, 0.15) is 37.3 Å². The van der Waals surface area contributed by atoms with Crippen molar-refractivity contribution in [3.8, 4) is 5.75 Å². The number of benzene rings is 2. The van der Waals surface area contributed by atoms with Gasteiger partial charge in [0.05, 0.1) is 6.61 Å². The Morgan fingerprint density at radius 1 is 0.955 bits per heavy atom. The maximum absolute atomic E-state index is 14.0. The first-order chi connectivity index (χ1) is 10.7. The van der Waals surface area contributed by atoms with Crippen LogP contribution >= 0.6 is 0 Å². The van der Waals surface area contributed by atoms with Crippen LogP contribution in [0.4, 0.5) is 8.78 Å². The molecular formula is C19H20F2O. The number of unbranched alkanes of at least 4 members (excludes halogenated alkanes) is 2. The van der Waals surface area contributed by atoms with Crippen LogP contribution in [0.15, 0.2) is 42.5 Å². The largest absolute Gasteiger partial charge is 0.490 e. The predicted molar refractivity (Wildman–Crippen MR) is 86.7 cm³/mol. The molecule has 0 aliphatic carbocycles. The summed E-state index contributed by atoms with van der Waals surface area (Å²) in [5.41, 5.74) is 1.53. The Hall–Kier alpha value is -2.16. The van der Waals surface area contributed by atoms with Gasteiger partial charge in [-0.3, -0.25) is 0 Å². The standard InChI is InChI=1S/C19H20F2O/c1-2-3-7-14-22-19-16(12-13-17(20)18(19)21)11-10-15-8-5-4-6-9-15/h4-6,8-13H,2-3,7,14H2,1H3. The van der Waals surface area contributed by atoms with Crippen LogP contribution in [0.5, 0.6) is 5.75 Å². The minimum atomic E-state index is -0.924. The van der Waals surface area contributed by atoms with Crippen LogP contribution in [0.3, 0.4) is 0 Å². The van der Waals surface area contributed by atoms with E-state index in [9.17, 15) is 8.78 Å². The van der Waals surface area contributed by atoms with Gasteiger partial charge in [0, 0.05) is 5.56 Å². The Balaban J connectivity index is 2.19. The molecule has 0 amide bonds. The maximum atomic E-state index is 14.0. The number of ether oxygens (including phenoxy) is 1. The van der Waals surface area contributed by atoms with Crippen LogP contribution in [-0.4, -0.2) is 6.61 Å². The summed E-state index contributed by atoms with van der Waals surface area (Å²) >= 11 is 0. The second kappa shape index (κ2) is 8.32. The molecular weight excluding hydrogens is 282 g/mol. The lowest BCUT2D eigenvalue weighted by Gasteiger charge is -2.10. The Kier molecular flexibility index (Phi) is 6.13. The van der Waals surface area contributed by atoms with Crippen LogP contribution in [0.25, 0.3) is 12.2 Å². The molecule has 1 nitrogen and oxygen atoms in total. The SMILES string of the molecule is CCCCCOc1c(C=Cc2ccccc2)ccc(F)c1F. The molecule has 0 spiro atoms. The molecule has 116 valence electrons. The van der Waals surface area contributed by atoms with E-state index < -0.39 is 11.6 Å². The molecule has 3 heteroatoms. The molecule has 2 rings (SSSR count). The molecule has 22 heavy (non-hydrogen) atoms. The fourth-order valence-corrected chi connectivity index (χ4v) is 2.10. The van der Waals surface area contributed by atoms with Crippen LogP contribution in [0, 0.1) is 11.6 Å². The van der Waals surface area contributed by atoms with Crippen molar-refractivity contribution >= 4 is 12.2 Å². The van der Waals surface area contributed by atoms with Gasteiger partial charge in [0.25, 0.3) is 0 Å². The lowest BCUT2D eigenvalue weighted by atomic mass is 10.1. The lowest BCUT2D eigenvalue weighted by Crippen LogP contribution is -2.02. The first-order valence-electron chi connectivity index (χ1n) is 7.56. The van der Waals surface area contributed by atoms with Crippen molar-refractivity contribution in [2.75, 3.05) is 6.61 Å². The lowest BCUT2D eigenvalue weighted by molar-refractivity contribution is 0.285. The van der Waals surface area contributed by atoms with Crippen molar-refractivity contribution in [2.45, 2.75) is 26.2 Å². The Labute approximate surface area is 130 Å². The Morgan fingerprint density at radius 3 is 2.45 bits per heavy atom. The van der Waals surface area contributed by atoms with E-state index in [2.05, 4.69) is 6.92 Å². The summed E-state index contributed by atoms with van der Waals surface area (Å²) in [6.07, 6.45) is 6.48. The van der Waals surface area contributed by atoms with Crippen LogP contribution in [0.2, 0.25) is 0 Å². The molecule has 0 bridgehead atoms. The fourth-order valence-electron chi connectivity index (χ4n) is 2.10. The van der Waals surface area contributed by atoms with Gasteiger partial charge in [-0.1, -0.05) is 62.2 Å². The highest BCUT2D eigenvalue weighted by molar-refractivity contribution is 5.72. The minimum absolute atomic E-state index is 0.0108. The van der Waals surface area contributed by atoms with Crippen LogP contribution < -0.4 is 4.74 Å². The van der Waals surface area contributed by atoms with Crippen molar-refractivity contribution in [3.63, 3.8) is 0 Å². The second-order valence-corrected chi connectivity index (χ2v) is 5.08. The molecule has 0 aliphatic rings. The number of rotatable bonds is 7. The molecule has 0 radical (unpaired) electrons. The number of hydrogen-bond donors (Lipinski definition) is 0. The van der Waals surface area contributed by atoms with E-state index in [0.717, 1.165) is 30.9 Å². The molecule has 2 aromatic rings. The zero-order chi connectivity index (χ0) is 15.8. The first-order valence-corrected chi connectivity index (χ1v) is 7.56. The topological polar surface area (TPSA) is 9.23 Å². The summed E-state index contributed by atoms with van der Waals surface area (Å²) in [4.78, 5) is 0. The van der Waals surface area contributed by atoms with Crippen molar-refractivity contribution < 1.29 is 13.5 Å². The summed E-state index contributed by atoms with van der Waals surface area (Å²) in [7, 11) is 0. The quantitative estimate of drug-likeness (QED) is 0.470. The Bertz CT molecular complexity index is 621. The summed E-state index contributed by atoms with van der Waals surface area (Å²) in [5.74, 6) is -1.82. The number of halogens is 2. The van der Waals surface area contributed by atoms with Crippen molar-refractivity contribution in [1.29, 1.82) is 0 Å². The third-order valence-electron chi connectivity index (χ3n) is 3.33. The average molecular weight is 302 g/mol. The molecule has 2 aromatic carbocycles. The molecule has 0 atom stereocenters. The van der Waals surface area contributed by atoms with E-state index in [1.807, 2.05) is 36.4 Å². The summed E-state index contributed by atoms with van der Waals surface area (Å²) in [6.45, 7) is 2.47. The molecule has 0 saturated carbocycles. The van der Waals surface area contributed by atoms with Gasteiger partial charge in [-0.15, -0.1) is 0 Å². The van der Waals surface area contributed by atoms with Gasteiger partial charge in [-0.2, -0.15) is 4.39 Å². The minimum Gasteiger partial charge on any atom is -0.490 e. The van der Waals surface area contributed by atoms with E-state index in [4.69, 9.17) is 4.74 Å². The number of hydrogen-bond acceptors (Lipinski definition) is 1. The zero-order valence-corrected chi connectivity index (χ0v) is 12.7. The molecule has 0 N–H and O–H groups in total. The normalized spacial score (nSPS) is 11.0. The third-order valence-corrected chi connectivity index (χ3v) is 3.33. The molecule has 0 heterocycles. The van der Waals surface area contributed by atoms with Gasteiger partial charge in [0.1, 0.15) is 0 Å². The summed E-state index contributed by atoms with van der Waals surface area (Å²) in [6, 6.07) is 12.3. The molecule has 0 aromatic heterocycles. The molecule has 0 fully saturated rings. The van der Waals surface area contributed by atoms with Gasteiger partial charge >= 0.3 is 0 Å². The van der Waals surface area contributed by atoms with E-state index in [-0.39, 0.29) is 5.75 Å². The maximum Gasteiger partial charge on any atom is 0.201 e. The van der Waals surface area contributed by atoms with E-state index in [0.29, 0.717) is 12.2 Å². The van der Waals surface area contributed by atoms with Crippen molar-refractivity contribution in [2.24, 2.45) is 0 Å². The monoisotopic (exact) mass is 302 g/mol. The highest BCUT2D eigenvalue weighted by atomic mass is 19.2. The van der Waals surface area contributed by atoms with Crippen molar-refractivity contribution in [3.05, 3.63) is 65.2 Å². The highest BCUT2D eigenvalue weighted by Gasteiger charge is 2.13.